The number of benzene rings is 1. The minimum Gasteiger partial charge on any atom is -0.461 e. The number of hydrogen-bond donors (Lipinski definition) is 2. The van der Waals surface area contributed by atoms with Crippen LogP contribution < -0.4 is 9.80 Å². The molecule has 2 aliphatic rings. The van der Waals surface area contributed by atoms with Crippen molar-refractivity contribution in [3.05, 3.63) is 59.5 Å². The van der Waals surface area contributed by atoms with E-state index in [4.69, 9.17) is 13.9 Å². The molecule has 1 aromatic carbocycles. The summed E-state index contributed by atoms with van der Waals surface area (Å²) in [5, 5.41) is 0. The van der Waals surface area contributed by atoms with Crippen LogP contribution in [0.1, 0.15) is 27.7 Å². The molecule has 0 bridgehead atoms. The SMILES string of the molecule is Cc1ccc([C@@H]([C@@H](C(=O)c2ccco2)[NH+]2CCOCC2)[NH+]2CCOCC2)cc1. The molecule has 0 saturated carbocycles. The minimum atomic E-state index is -0.203. The van der Waals surface area contributed by atoms with Crippen molar-refractivity contribution in [2.24, 2.45) is 0 Å². The molecule has 4 rings (SSSR count). The van der Waals surface area contributed by atoms with Crippen LogP contribution in [0.15, 0.2) is 47.1 Å². The summed E-state index contributed by atoms with van der Waals surface area (Å²) in [4.78, 5) is 16.3. The largest absolute Gasteiger partial charge is 0.461 e. The van der Waals surface area contributed by atoms with E-state index in [-0.39, 0.29) is 17.9 Å². The van der Waals surface area contributed by atoms with Crippen LogP contribution in [0.3, 0.4) is 0 Å². The molecule has 6 nitrogen and oxygen atoms in total. The van der Waals surface area contributed by atoms with Gasteiger partial charge in [-0.05, 0) is 19.1 Å². The standard InChI is InChI=1S/C22H28N2O4/c1-17-4-6-18(7-5-17)20(23-8-13-26-14-9-23)21(24-10-15-27-16-11-24)22(25)19-3-2-12-28-19/h2-7,12,20-21H,8-11,13-16H2,1H3/p+2/t20-,21-/m0/s1. The molecule has 1 aromatic heterocycles. The molecule has 0 aliphatic carbocycles. The Labute approximate surface area is 166 Å². The molecule has 0 amide bonds. The van der Waals surface area contributed by atoms with Gasteiger partial charge in [0.15, 0.2) is 11.8 Å². The Balaban J connectivity index is 1.74. The third-order valence-corrected chi connectivity index (χ3v) is 5.97. The number of quaternary nitrogens is 2. The zero-order valence-corrected chi connectivity index (χ0v) is 16.5. The van der Waals surface area contributed by atoms with Crippen molar-refractivity contribution in [3.63, 3.8) is 0 Å². The van der Waals surface area contributed by atoms with Gasteiger partial charge in [0.05, 0.1) is 32.7 Å². The summed E-state index contributed by atoms with van der Waals surface area (Å²) in [5.41, 5.74) is 2.44. The lowest BCUT2D eigenvalue weighted by Crippen LogP contribution is -3.25. The highest BCUT2D eigenvalue weighted by Gasteiger charge is 2.46. The molecular formula is C22H30N2O4+2. The van der Waals surface area contributed by atoms with Crippen LogP contribution in [0.2, 0.25) is 0 Å². The van der Waals surface area contributed by atoms with E-state index in [9.17, 15) is 4.79 Å². The lowest BCUT2D eigenvalue weighted by molar-refractivity contribution is -0.999. The van der Waals surface area contributed by atoms with E-state index in [0.29, 0.717) is 19.0 Å². The predicted octanol–water partition coefficient (Wildman–Crippen LogP) is -0.289. The van der Waals surface area contributed by atoms with Gasteiger partial charge in [0.2, 0.25) is 6.04 Å². The maximum absolute atomic E-state index is 13.6. The number of ketones is 1. The third-order valence-electron chi connectivity index (χ3n) is 5.97. The second-order valence-electron chi connectivity index (χ2n) is 7.75. The quantitative estimate of drug-likeness (QED) is 0.670. The van der Waals surface area contributed by atoms with Crippen LogP contribution in [0.5, 0.6) is 0 Å². The Kier molecular flexibility index (Phi) is 6.22. The molecule has 3 heterocycles. The Morgan fingerprint density at radius 3 is 2.07 bits per heavy atom. The minimum absolute atomic E-state index is 0.0650. The first-order chi connectivity index (χ1) is 13.7. The normalized spacial score (nSPS) is 21.3. The summed E-state index contributed by atoms with van der Waals surface area (Å²) in [5.74, 6) is 0.542. The maximum Gasteiger partial charge on any atom is 0.261 e. The van der Waals surface area contributed by atoms with E-state index in [1.807, 2.05) is 0 Å². The van der Waals surface area contributed by atoms with Gasteiger partial charge in [-0.25, -0.2) is 0 Å². The number of carbonyl (C=O) groups excluding carboxylic acids is 1. The molecule has 0 spiro atoms. The average molecular weight is 386 g/mol. The molecule has 28 heavy (non-hydrogen) atoms. The fourth-order valence-corrected chi connectivity index (χ4v) is 4.47. The molecule has 2 aromatic rings. The van der Waals surface area contributed by atoms with Gasteiger partial charge >= 0.3 is 0 Å². The molecule has 2 fully saturated rings. The summed E-state index contributed by atoms with van der Waals surface area (Å²) in [7, 11) is 0. The first-order valence-corrected chi connectivity index (χ1v) is 10.2. The van der Waals surface area contributed by atoms with Crippen molar-refractivity contribution < 1.29 is 28.5 Å². The van der Waals surface area contributed by atoms with Crippen LogP contribution >= 0.6 is 0 Å². The van der Waals surface area contributed by atoms with Gasteiger partial charge in [-0.1, -0.05) is 29.8 Å². The highest BCUT2D eigenvalue weighted by molar-refractivity contribution is 5.97. The van der Waals surface area contributed by atoms with Gasteiger partial charge in [0.1, 0.15) is 26.2 Å². The van der Waals surface area contributed by atoms with Gasteiger partial charge in [-0.2, -0.15) is 0 Å². The van der Waals surface area contributed by atoms with Crippen LogP contribution in [-0.4, -0.2) is 64.4 Å². The average Bonchev–Trinajstić information content (AvgIpc) is 3.29. The molecule has 2 aliphatic heterocycles. The molecule has 2 saturated heterocycles. The highest BCUT2D eigenvalue weighted by Crippen LogP contribution is 2.18. The number of carbonyl (C=O) groups is 1. The van der Waals surface area contributed by atoms with Gasteiger partial charge < -0.3 is 23.7 Å². The van der Waals surface area contributed by atoms with E-state index < -0.39 is 0 Å². The maximum atomic E-state index is 13.6. The topological polar surface area (TPSA) is 57.5 Å². The van der Waals surface area contributed by atoms with E-state index in [0.717, 1.165) is 39.4 Å². The van der Waals surface area contributed by atoms with E-state index in [1.165, 1.54) is 20.9 Å². The predicted molar refractivity (Wildman–Crippen MR) is 104 cm³/mol. The smallest absolute Gasteiger partial charge is 0.261 e. The molecule has 0 unspecified atom stereocenters. The van der Waals surface area contributed by atoms with Crippen LogP contribution in [0.4, 0.5) is 0 Å². The Bertz CT molecular complexity index is 747. The van der Waals surface area contributed by atoms with Crippen molar-refractivity contribution in [1.82, 2.24) is 0 Å². The summed E-state index contributed by atoms with van der Waals surface area (Å²) < 4.78 is 16.7. The van der Waals surface area contributed by atoms with E-state index >= 15 is 0 Å². The lowest BCUT2D eigenvalue weighted by Gasteiger charge is -2.39. The van der Waals surface area contributed by atoms with Gasteiger partial charge in [-0.3, -0.25) is 4.79 Å². The second-order valence-corrected chi connectivity index (χ2v) is 7.75. The number of morpholine rings is 2. The monoisotopic (exact) mass is 386 g/mol. The Morgan fingerprint density at radius 1 is 0.893 bits per heavy atom. The third kappa shape index (κ3) is 4.20. The van der Waals surface area contributed by atoms with Gasteiger partial charge in [-0.15, -0.1) is 0 Å². The van der Waals surface area contributed by atoms with Gasteiger partial charge in [0.25, 0.3) is 5.78 Å². The zero-order valence-electron chi connectivity index (χ0n) is 16.5. The summed E-state index contributed by atoms with van der Waals surface area (Å²) in [6, 6.07) is 12.1. The molecule has 0 radical (unpaired) electrons. The number of furan rings is 1. The number of ether oxygens (including phenoxy) is 2. The lowest BCUT2D eigenvalue weighted by atomic mass is 9.91. The molecule has 2 N–H and O–H groups in total. The summed E-state index contributed by atoms with van der Waals surface area (Å²) in [6.45, 7) is 8.43. The summed E-state index contributed by atoms with van der Waals surface area (Å²) >= 11 is 0. The van der Waals surface area contributed by atoms with E-state index in [1.54, 1.807) is 18.4 Å². The number of aryl methyl sites for hydroxylation is 1. The van der Waals surface area contributed by atoms with Crippen molar-refractivity contribution >= 4 is 5.78 Å². The fourth-order valence-electron chi connectivity index (χ4n) is 4.47. The van der Waals surface area contributed by atoms with Crippen molar-refractivity contribution in [3.8, 4) is 0 Å². The van der Waals surface area contributed by atoms with E-state index in [2.05, 4.69) is 31.2 Å². The molecule has 6 heteroatoms. The van der Waals surface area contributed by atoms with Crippen LogP contribution in [-0.2, 0) is 9.47 Å². The molecular weight excluding hydrogens is 356 g/mol. The molecule has 150 valence electrons. The Morgan fingerprint density at radius 2 is 1.50 bits per heavy atom. The molecule has 2 atom stereocenters. The number of hydrogen-bond acceptors (Lipinski definition) is 4. The highest BCUT2D eigenvalue weighted by atomic mass is 16.5. The summed E-state index contributed by atoms with van der Waals surface area (Å²) in [6.07, 6.45) is 1.58. The van der Waals surface area contributed by atoms with Crippen molar-refractivity contribution in [2.45, 2.75) is 19.0 Å². The second kappa shape index (κ2) is 9.01. The zero-order chi connectivity index (χ0) is 19.3. The van der Waals surface area contributed by atoms with Crippen molar-refractivity contribution in [2.75, 3.05) is 52.6 Å². The van der Waals surface area contributed by atoms with Crippen molar-refractivity contribution in [1.29, 1.82) is 0 Å². The van der Waals surface area contributed by atoms with Crippen LogP contribution in [0.25, 0.3) is 0 Å². The number of rotatable bonds is 6. The first kappa shape index (κ1) is 19.3. The fraction of sp³-hybridized carbons (Fsp3) is 0.500. The number of Topliss-reactive ketones (excluding diaryl/α,β-unsaturated/α-hetero) is 1. The number of nitrogens with one attached hydrogen (secondary N) is 2. The van der Waals surface area contributed by atoms with Gasteiger partial charge in [0, 0.05) is 5.56 Å². The Hall–Kier alpha value is -1.99. The first-order valence-electron chi connectivity index (χ1n) is 10.2. The van der Waals surface area contributed by atoms with Crippen LogP contribution in [0, 0.1) is 6.92 Å².